The van der Waals surface area contributed by atoms with E-state index in [0.29, 0.717) is 5.75 Å². The molecule has 0 aliphatic heterocycles. The quantitative estimate of drug-likeness (QED) is 0.832. The average Bonchev–Trinajstić information content (AvgIpc) is 2.04. The van der Waals surface area contributed by atoms with Gasteiger partial charge in [0.15, 0.2) is 23.0 Å². The first-order chi connectivity index (χ1) is 5.25. The second-order valence-electron chi connectivity index (χ2n) is 1.88. The Morgan fingerprint density at radius 3 is 2.55 bits per heavy atom. The maximum absolute atomic E-state index is 10.5. The summed E-state index contributed by atoms with van der Waals surface area (Å²) in [6, 6.07) is 6.48. The zero-order valence-electron chi connectivity index (χ0n) is 5.45. The molecule has 0 saturated carbocycles. The van der Waals surface area contributed by atoms with Crippen LogP contribution in [-0.4, -0.2) is 11.1 Å². The van der Waals surface area contributed by atoms with Crippen molar-refractivity contribution in [1.82, 2.24) is 0 Å². The summed E-state index contributed by atoms with van der Waals surface area (Å²) in [5.41, 5.74) is 0.182. The lowest BCUT2D eigenvalue weighted by Crippen LogP contribution is -1.97. The van der Waals surface area contributed by atoms with Crippen LogP contribution in [0.5, 0.6) is 5.75 Å². The number of hydrogen-bond acceptors (Lipinski definition) is 2. The lowest BCUT2D eigenvalue weighted by molar-refractivity contribution is 0.0695. The zero-order valence-corrected chi connectivity index (χ0v) is 7.61. The van der Waals surface area contributed by atoms with E-state index < -0.39 is 5.97 Å². The first-order valence-corrected chi connectivity index (χ1v) is 3.74. The van der Waals surface area contributed by atoms with Crippen molar-refractivity contribution >= 4 is 29.0 Å². The van der Waals surface area contributed by atoms with Crippen molar-refractivity contribution in [2.75, 3.05) is 0 Å². The van der Waals surface area contributed by atoms with Gasteiger partial charge in [-0.25, -0.2) is 4.79 Å². The fourth-order valence-corrected chi connectivity index (χ4v) is 1.09. The molecule has 0 bridgehead atoms. The second-order valence-corrected chi connectivity index (χ2v) is 2.32. The molecule has 1 aromatic rings. The summed E-state index contributed by atoms with van der Waals surface area (Å²) in [5.74, 6) is -0.599. The van der Waals surface area contributed by atoms with Crippen LogP contribution >= 0.6 is 23.0 Å². The van der Waals surface area contributed by atoms with Crippen LogP contribution < -0.4 is 3.07 Å². The number of hydrogen-bond donors (Lipinski definition) is 1. The molecule has 0 aromatic heterocycles. The van der Waals surface area contributed by atoms with Gasteiger partial charge in [-0.1, -0.05) is 12.1 Å². The molecule has 0 aliphatic rings. The SMILES string of the molecule is O=C(O)c1ccccc1OI. The normalized spacial score (nSPS) is 9.18. The van der Waals surface area contributed by atoms with E-state index in [9.17, 15) is 4.79 Å². The highest BCUT2D eigenvalue weighted by molar-refractivity contribution is 14.1. The van der Waals surface area contributed by atoms with Crippen LogP contribution in [-0.2, 0) is 0 Å². The van der Waals surface area contributed by atoms with Crippen molar-refractivity contribution < 1.29 is 13.0 Å². The Labute approximate surface area is 77.7 Å². The first-order valence-electron chi connectivity index (χ1n) is 2.86. The van der Waals surface area contributed by atoms with Crippen molar-refractivity contribution in [1.29, 1.82) is 0 Å². The third kappa shape index (κ3) is 1.83. The van der Waals surface area contributed by atoms with Gasteiger partial charge in [-0.05, 0) is 12.1 Å². The number of aromatic carboxylic acids is 1. The average molecular weight is 264 g/mol. The summed E-state index contributed by atoms with van der Waals surface area (Å²) >= 11 is 1.65. The minimum absolute atomic E-state index is 0.182. The summed E-state index contributed by atoms with van der Waals surface area (Å²) in [4.78, 5) is 10.5. The third-order valence-corrected chi connectivity index (χ3v) is 1.68. The Kier molecular flexibility index (Phi) is 2.70. The fraction of sp³-hybridized carbons (Fsp3) is 0. The Hall–Kier alpha value is -0.780. The molecule has 0 aliphatic carbocycles. The van der Waals surface area contributed by atoms with Gasteiger partial charge in [0.25, 0.3) is 0 Å². The Morgan fingerprint density at radius 2 is 2.09 bits per heavy atom. The van der Waals surface area contributed by atoms with E-state index in [2.05, 4.69) is 0 Å². The molecule has 1 N–H and O–H groups in total. The molecule has 0 atom stereocenters. The number of para-hydroxylation sites is 1. The van der Waals surface area contributed by atoms with Gasteiger partial charge in [0.05, 0.1) is 0 Å². The molecule has 0 spiro atoms. The smallest absolute Gasteiger partial charge is 0.339 e. The summed E-state index contributed by atoms with van der Waals surface area (Å²) in [5, 5.41) is 8.61. The van der Waals surface area contributed by atoms with Gasteiger partial charge in [0.1, 0.15) is 11.3 Å². The van der Waals surface area contributed by atoms with E-state index >= 15 is 0 Å². The van der Waals surface area contributed by atoms with E-state index in [1.807, 2.05) is 0 Å². The molecule has 0 radical (unpaired) electrons. The summed E-state index contributed by atoms with van der Waals surface area (Å²) < 4.78 is 4.80. The highest BCUT2D eigenvalue weighted by Gasteiger charge is 2.08. The van der Waals surface area contributed by atoms with Gasteiger partial charge in [-0.15, -0.1) is 0 Å². The van der Waals surface area contributed by atoms with Gasteiger partial charge in [-0.3, -0.25) is 0 Å². The molecule has 11 heavy (non-hydrogen) atoms. The van der Waals surface area contributed by atoms with Crippen molar-refractivity contribution in [2.45, 2.75) is 0 Å². The van der Waals surface area contributed by atoms with Gasteiger partial charge in [0.2, 0.25) is 0 Å². The maximum atomic E-state index is 10.5. The van der Waals surface area contributed by atoms with Crippen LogP contribution in [0.3, 0.4) is 0 Å². The third-order valence-electron chi connectivity index (χ3n) is 1.20. The lowest BCUT2D eigenvalue weighted by Gasteiger charge is -1.99. The summed E-state index contributed by atoms with van der Waals surface area (Å²) in [6.07, 6.45) is 0. The number of halogens is 1. The van der Waals surface area contributed by atoms with Crippen LogP contribution in [0.1, 0.15) is 10.4 Å². The molecule has 4 heteroatoms. The number of rotatable bonds is 2. The molecule has 0 unspecified atom stereocenters. The molecular formula is C7H5IO3. The molecule has 3 nitrogen and oxygen atoms in total. The number of benzene rings is 1. The molecule has 0 saturated heterocycles. The van der Waals surface area contributed by atoms with Gasteiger partial charge in [0, 0.05) is 0 Å². The van der Waals surface area contributed by atoms with Gasteiger partial charge < -0.3 is 8.17 Å². The molecule has 0 amide bonds. The van der Waals surface area contributed by atoms with Crippen molar-refractivity contribution in [2.24, 2.45) is 0 Å². The molecule has 0 heterocycles. The second kappa shape index (κ2) is 3.56. The number of carbonyl (C=O) groups is 1. The maximum Gasteiger partial charge on any atom is 0.339 e. The molecule has 1 aromatic carbocycles. The lowest BCUT2D eigenvalue weighted by atomic mass is 10.2. The number of carboxylic acids is 1. The van der Waals surface area contributed by atoms with Crippen LogP contribution in [0.4, 0.5) is 0 Å². The van der Waals surface area contributed by atoms with E-state index in [-0.39, 0.29) is 5.56 Å². The Bertz CT molecular complexity index is 272. The zero-order chi connectivity index (χ0) is 8.27. The predicted octanol–water partition coefficient (Wildman–Crippen LogP) is 2.11. The van der Waals surface area contributed by atoms with E-state index in [0.717, 1.165) is 0 Å². The monoisotopic (exact) mass is 264 g/mol. The highest BCUT2D eigenvalue weighted by Crippen LogP contribution is 2.19. The molecule has 1 rings (SSSR count). The largest absolute Gasteiger partial charge is 0.478 e. The van der Waals surface area contributed by atoms with Crippen molar-refractivity contribution in [3.63, 3.8) is 0 Å². The van der Waals surface area contributed by atoms with E-state index in [1.54, 1.807) is 41.2 Å². The van der Waals surface area contributed by atoms with Crippen LogP contribution in [0, 0.1) is 0 Å². The van der Waals surface area contributed by atoms with Crippen LogP contribution in [0.15, 0.2) is 24.3 Å². The minimum atomic E-state index is -0.975. The molecule has 58 valence electrons. The summed E-state index contributed by atoms with van der Waals surface area (Å²) in [7, 11) is 0. The summed E-state index contributed by atoms with van der Waals surface area (Å²) in [6.45, 7) is 0. The van der Waals surface area contributed by atoms with Crippen molar-refractivity contribution in [3.05, 3.63) is 29.8 Å². The number of carboxylic acid groups (broad SMARTS) is 1. The first kappa shape index (κ1) is 8.32. The Balaban J connectivity index is 3.12. The topological polar surface area (TPSA) is 46.5 Å². The standard InChI is InChI=1S/C7H5IO3/c8-11-6-4-2-1-3-5(6)7(9)10/h1-4H,(H,9,10). The van der Waals surface area contributed by atoms with Gasteiger partial charge >= 0.3 is 5.97 Å². The van der Waals surface area contributed by atoms with Crippen molar-refractivity contribution in [3.8, 4) is 5.75 Å². The molecule has 0 fully saturated rings. The van der Waals surface area contributed by atoms with Crippen LogP contribution in [0.2, 0.25) is 0 Å². The predicted molar refractivity (Wildman–Crippen MR) is 48.0 cm³/mol. The Morgan fingerprint density at radius 1 is 1.45 bits per heavy atom. The van der Waals surface area contributed by atoms with Crippen LogP contribution in [0.25, 0.3) is 0 Å². The highest BCUT2D eigenvalue weighted by atomic mass is 127. The minimum Gasteiger partial charge on any atom is -0.478 e. The van der Waals surface area contributed by atoms with Gasteiger partial charge in [-0.2, -0.15) is 0 Å². The molecular weight excluding hydrogens is 259 g/mol. The van der Waals surface area contributed by atoms with E-state index in [1.165, 1.54) is 6.07 Å². The fourth-order valence-electron chi connectivity index (χ4n) is 0.711. The van der Waals surface area contributed by atoms with E-state index in [4.69, 9.17) is 8.17 Å².